The molecule has 0 aliphatic rings. The molecule has 0 saturated carbocycles. The van der Waals surface area contributed by atoms with E-state index in [0.717, 1.165) is 31.5 Å². The monoisotopic (exact) mass is 332 g/mol. The Balaban J connectivity index is -0.00000112. The van der Waals surface area contributed by atoms with Gasteiger partial charge in [-0.15, -0.1) is 0 Å². The van der Waals surface area contributed by atoms with E-state index in [9.17, 15) is 0 Å². The molecule has 0 heterocycles. The quantitative estimate of drug-likeness (QED) is 0.240. The number of hydrogen-bond acceptors (Lipinski definition) is 2. The van der Waals surface area contributed by atoms with Crippen LogP contribution in [0.4, 0.5) is 0 Å². The molecule has 0 rings (SSSR count). The van der Waals surface area contributed by atoms with E-state index in [4.69, 9.17) is 9.47 Å². The molecular formula is C14H29BrMgO2. The van der Waals surface area contributed by atoms with Gasteiger partial charge in [0.25, 0.3) is 0 Å². The summed E-state index contributed by atoms with van der Waals surface area (Å²) in [6.45, 7) is 10.8. The maximum atomic E-state index is 5.35. The molecule has 18 heavy (non-hydrogen) atoms. The average Bonchev–Trinajstić information content (AvgIpc) is 2.23. The van der Waals surface area contributed by atoms with Crippen molar-refractivity contribution in [1.29, 1.82) is 0 Å². The van der Waals surface area contributed by atoms with Crippen molar-refractivity contribution in [3.63, 3.8) is 0 Å². The fourth-order valence-corrected chi connectivity index (χ4v) is 2.04. The van der Waals surface area contributed by atoms with Crippen molar-refractivity contribution >= 4 is 23.1 Å². The summed E-state index contributed by atoms with van der Waals surface area (Å²) in [5, 5.41) is 0. The number of rotatable bonds is 11. The van der Waals surface area contributed by atoms with E-state index < -0.39 is 0 Å². The smallest absolute Gasteiger partial charge is 1.00 e. The van der Waals surface area contributed by atoms with Gasteiger partial charge in [-0.3, -0.25) is 0 Å². The van der Waals surface area contributed by atoms with Gasteiger partial charge in [0.1, 0.15) is 6.79 Å². The summed E-state index contributed by atoms with van der Waals surface area (Å²) in [4.78, 5) is 0. The Morgan fingerprint density at radius 1 is 1.11 bits per heavy atom. The molecule has 0 aromatic rings. The predicted octanol–water partition coefficient (Wildman–Crippen LogP) is 0.677. The Morgan fingerprint density at radius 2 is 1.78 bits per heavy atom. The molecule has 0 bridgehead atoms. The van der Waals surface area contributed by atoms with Crippen LogP contribution < -0.4 is 17.0 Å². The van der Waals surface area contributed by atoms with Crippen LogP contribution in [0.3, 0.4) is 0 Å². The Hall–Kier alpha value is 1.17. The Morgan fingerprint density at radius 3 is 2.33 bits per heavy atom. The number of ether oxygens (including phenoxy) is 2. The van der Waals surface area contributed by atoms with Crippen molar-refractivity contribution in [2.75, 3.05) is 20.0 Å². The topological polar surface area (TPSA) is 18.5 Å². The van der Waals surface area contributed by atoms with E-state index in [1.807, 2.05) is 6.92 Å². The SMILES string of the molecule is C[CH-]CC(C)CC(C)CCCOCOCC.[Br-].[Mg+2]. The molecule has 0 spiro atoms. The van der Waals surface area contributed by atoms with E-state index in [-0.39, 0.29) is 40.0 Å². The summed E-state index contributed by atoms with van der Waals surface area (Å²) < 4.78 is 10.5. The van der Waals surface area contributed by atoms with Crippen LogP contribution in [-0.4, -0.2) is 43.1 Å². The van der Waals surface area contributed by atoms with Gasteiger partial charge in [-0.05, 0) is 25.7 Å². The zero-order valence-corrected chi connectivity index (χ0v) is 15.6. The number of hydrogen-bond donors (Lipinski definition) is 0. The first-order chi connectivity index (χ1) is 7.70. The summed E-state index contributed by atoms with van der Waals surface area (Å²) in [7, 11) is 0. The molecule has 0 aliphatic carbocycles. The maximum absolute atomic E-state index is 5.35. The minimum absolute atomic E-state index is 0. The first-order valence-electron chi connectivity index (χ1n) is 6.64. The molecule has 0 aliphatic heterocycles. The molecule has 106 valence electrons. The molecule has 2 nitrogen and oxygen atoms in total. The third kappa shape index (κ3) is 17.2. The molecule has 0 radical (unpaired) electrons. The van der Waals surface area contributed by atoms with Crippen LogP contribution in [0.1, 0.15) is 53.4 Å². The maximum Gasteiger partial charge on any atom is 2.00 e. The molecule has 4 heteroatoms. The van der Waals surface area contributed by atoms with Crippen LogP contribution in [0.5, 0.6) is 0 Å². The van der Waals surface area contributed by atoms with E-state index in [0.29, 0.717) is 6.79 Å². The van der Waals surface area contributed by atoms with Gasteiger partial charge in [-0.2, -0.15) is 13.3 Å². The van der Waals surface area contributed by atoms with Gasteiger partial charge in [-0.1, -0.05) is 26.2 Å². The fourth-order valence-electron chi connectivity index (χ4n) is 2.04. The van der Waals surface area contributed by atoms with Gasteiger partial charge in [0, 0.05) is 13.2 Å². The second-order valence-corrected chi connectivity index (χ2v) is 4.75. The molecule has 2 atom stereocenters. The van der Waals surface area contributed by atoms with Crippen molar-refractivity contribution < 1.29 is 26.5 Å². The van der Waals surface area contributed by atoms with Gasteiger partial charge >= 0.3 is 23.1 Å². The molecule has 0 aromatic carbocycles. The molecule has 0 amide bonds. The first kappa shape index (κ1) is 24.2. The molecule has 0 N–H and O–H groups in total. The molecule has 0 saturated heterocycles. The summed E-state index contributed by atoms with van der Waals surface area (Å²) in [6, 6.07) is 0. The summed E-state index contributed by atoms with van der Waals surface area (Å²) >= 11 is 0. The van der Waals surface area contributed by atoms with Crippen LogP contribution in [0.2, 0.25) is 0 Å². The van der Waals surface area contributed by atoms with Crippen LogP contribution >= 0.6 is 0 Å². The minimum Gasteiger partial charge on any atom is -1.00 e. The van der Waals surface area contributed by atoms with Gasteiger partial charge in [-0.25, -0.2) is 0 Å². The standard InChI is InChI=1S/C14H29O2.BrH.Mg/c1-5-8-13(3)11-14(4)9-7-10-16-12-15-6-2;;/h5,13-14H,6-12H2,1-4H3;1H;/q-1;;+2/p-1. The zero-order chi connectivity index (χ0) is 12.2. The fraction of sp³-hybridized carbons (Fsp3) is 0.929. The second kappa shape index (κ2) is 18.2. The largest absolute Gasteiger partial charge is 2.00 e. The Bertz CT molecular complexity index is 148. The van der Waals surface area contributed by atoms with Crippen molar-refractivity contribution in [2.45, 2.75) is 53.4 Å². The van der Waals surface area contributed by atoms with Crippen LogP contribution in [0, 0.1) is 18.3 Å². The summed E-state index contributed by atoms with van der Waals surface area (Å²) in [5.74, 6) is 1.63. The third-order valence-electron chi connectivity index (χ3n) is 2.80. The van der Waals surface area contributed by atoms with E-state index in [2.05, 4.69) is 27.2 Å². The number of halogens is 1. The summed E-state index contributed by atoms with van der Waals surface area (Å²) in [6.07, 6.45) is 7.25. The van der Waals surface area contributed by atoms with Crippen molar-refractivity contribution in [3.8, 4) is 0 Å². The van der Waals surface area contributed by atoms with Gasteiger partial charge in [0.15, 0.2) is 0 Å². The van der Waals surface area contributed by atoms with Crippen LogP contribution in [0.25, 0.3) is 0 Å². The molecule has 0 fully saturated rings. The molecule has 2 unspecified atom stereocenters. The van der Waals surface area contributed by atoms with E-state index in [1.165, 1.54) is 19.3 Å². The first-order valence-corrected chi connectivity index (χ1v) is 6.64. The Labute approximate surface area is 140 Å². The molecule has 0 aromatic heterocycles. The third-order valence-corrected chi connectivity index (χ3v) is 2.80. The molecular weight excluding hydrogens is 304 g/mol. The van der Waals surface area contributed by atoms with Crippen LogP contribution in [0.15, 0.2) is 0 Å². The van der Waals surface area contributed by atoms with Crippen LogP contribution in [-0.2, 0) is 9.47 Å². The van der Waals surface area contributed by atoms with Crippen molar-refractivity contribution in [1.82, 2.24) is 0 Å². The Kier molecular flexibility index (Phi) is 24.4. The zero-order valence-electron chi connectivity index (χ0n) is 12.6. The van der Waals surface area contributed by atoms with Crippen molar-refractivity contribution in [2.24, 2.45) is 11.8 Å². The van der Waals surface area contributed by atoms with Gasteiger partial charge in [0.05, 0.1) is 0 Å². The van der Waals surface area contributed by atoms with E-state index in [1.54, 1.807) is 0 Å². The van der Waals surface area contributed by atoms with E-state index >= 15 is 0 Å². The van der Waals surface area contributed by atoms with Gasteiger partial charge < -0.3 is 32.9 Å². The summed E-state index contributed by atoms with van der Waals surface area (Å²) in [5.41, 5.74) is 0. The average molecular weight is 334 g/mol. The second-order valence-electron chi connectivity index (χ2n) is 4.75. The van der Waals surface area contributed by atoms with Crippen molar-refractivity contribution in [3.05, 3.63) is 6.42 Å². The normalized spacial score (nSPS) is 13.3. The van der Waals surface area contributed by atoms with Gasteiger partial charge in [0.2, 0.25) is 0 Å². The predicted molar refractivity (Wildman–Crippen MR) is 75.0 cm³/mol. The minimum atomic E-state index is 0.